The third-order valence-corrected chi connectivity index (χ3v) is 9.79. The first-order chi connectivity index (χ1) is 23.8. The SMILES string of the molecule is BC(=O)OCc1ccc(NC(=O)[C@H](CCCNC(N)=O)NC(=O)C(NC(=O)CCCCCN2C(=O)C3C4C=C(C)C(C4)C3C2=O)C(C)C)cc1. The van der Waals surface area contributed by atoms with Gasteiger partial charge >= 0.3 is 6.03 Å². The number of carbonyl (C=O) groups excluding carboxylic acids is 7. The topological polar surface area (TPSA) is 206 Å². The largest absolute Gasteiger partial charge is 0.469 e. The highest BCUT2D eigenvalue weighted by Gasteiger charge is 2.60. The molecule has 1 heterocycles. The summed E-state index contributed by atoms with van der Waals surface area (Å²) in [5.41, 5.74) is 7.56. The van der Waals surface area contributed by atoms with E-state index in [0.29, 0.717) is 37.9 Å². The first kappa shape index (κ1) is 38.1. The number of nitrogens with one attached hydrogen (secondary N) is 4. The standard InChI is InChI=1S/C35H49BN6O8/c1-19(2)29(41-26(43)9-5-4-6-15-42-32(46)27-22-16-20(3)24(17-22)28(27)33(42)47)31(45)40-25(8-7-14-38-35(37)49)30(44)39-23-12-10-21(11-13-23)18-50-34(36)48/h10-13,16,19,22,24-25,27-29H,4-9,14-15,17-18,36H2,1-3H3,(H,39,44)(H,40,45)(H,41,43)(H3,37,38,49)/t22?,24?,25-,27?,28?,29?/m0/s1. The van der Waals surface area contributed by atoms with Gasteiger partial charge in [0.05, 0.1) is 11.8 Å². The lowest BCUT2D eigenvalue weighted by atomic mass is 9.82. The summed E-state index contributed by atoms with van der Waals surface area (Å²) >= 11 is 0. The van der Waals surface area contributed by atoms with Crippen LogP contribution >= 0.6 is 0 Å². The molecule has 3 aliphatic rings. The van der Waals surface area contributed by atoms with Crippen LogP contribution < -0.4 is 27.0 Å². The number of carbonyl (C=O) groups is 7. The minimum absolute atomic E-state index is 0.0613. The molecule has 50 heavy (non-hydrogen) atoms. The summed E-state index contributed by atoms with van der Waals surface area (Å²) in [6.45, 7) is 6.26. The van der Waals surface area contributed by atoms with Crippen LogP contribution in [0.3, 0.4) is 0 Å². The number of imide groups is 1. The summed E-state index contributed by atoms with van der Waals surface area (Å²) in [5, 5.41) is 10.8. The molecule has 6 atom stereocenters. The van der Waals surface area contributed by atoms with Crippen molar-refractivity contribution in [3.63, 3.8) is 0 Å². The number of benzene rings is 1. The highest BCUT2D eigenvalue weighted by Crippen LogP contribution is 2.55. The van der Waals surface area contributed by atoms with Crippen LogP contribution in [-0.2, 0) is 35.3 Å². The Kier molecular flexibility index (Phi) is 13.2. The van der Waals surface area contributed by atoms with Crippen molar-refractivity contribution in [3.05, 3.63) is 41.5 Å². The predicted molar refractivity (Wildman–Crippen MR) is 187 cm³/mol. The number of nitrogens with zero attached hydrogens (tertiary/aromatic N) is 1. The van der Waals surface area contributed by atoms with E-state index in [1.54, 1.807) is 38.1 Å². The molecule has 7 amide bonds. The number of primary amides is 1. The van der Waals surface area contributed by atoms with Crippen LogP contribution in [0.15, 0.2) is 35.9 Å². The molecular weight excluding hydrogens is 643 g/mol. The van der Waals surface area contributed by atoms with Gasteiger partial charge in [-0.15, -0.1) is 0 Å². The fraction of sp³-hybridized carbons (Fsp3) is 0.571. The second-order valence-electron chi connectivity index (χ2n) is 13.9. The Morgan fingerprint density at radius 2 is 1.66 bits per heavy atom. The molecule has 14 nitrogen and oxygen atoms in total. The summed E-state index contributed by atoms with van der Waals surface area (Å²) in [6.07, 6.45) is 5.48. The fourth-order valence-corrected chi connectivity index (χ4v) is 7.22. The number of urea groups is 1. The first-order valence-electron chi connectivity index (χ1n) is 17.5. The number of unbranched alkanes of at least 4 members (excludes halogenated alkanes) is 2. The van der Waals surface area contributed by atoms with Crippen LogP contribution in [0.1, 0.15) is 71.3 Å². The number of allylic oxidation sites excluding steroid dienone is 2. The Labute approximate surface area is 293 Å². The van der Waals surface area contributed by atoms with Crippen LogP contribution in [0.2, 0.25) is 0 Å². The van der Waals surface area contributed by atoms with Crippen molar-refractivity contribution < 1.29 is 38.3 Å². The number of hydrogen-bond donors (Lipinski definition) is 5. The van der Waals surface area contributed by atoms with E-state index in [1.807, 2.05) is 6.92 Å². The number of amides is 7. The number of nitrogens with two attached hydrogens (primary N) is 1. The highest BCUT2D eigenvalue weighted by atomic mass is 16.5. The van der Waals surface area contributed by atoms with Crippen LogP contribution in [-0.4, -0.2) is 79.4 Å². The Bertz CT molecular complexity index is 1500. The fourth-order valence-electron chi connectivity index (χ4n) is 7.22. The molecule has 1 aliphatic heterocycles. The molecule has 2 bridgehead atoms. The molecule has 0 spiro atoms. The number of hydrogen-bond acceptors (Lipinski definition) is 8. The normalized spacial score (nSPS) is 21.7. The summed E-state index contributed by atoms with van der Waals surface area (Å²) < 4.78 is 4.98. The number of likely N-dealkylation sites (tertiary alicyclic amines) is 1. The van der Waals surface area contributed by atoms with E-state index in [2.05, 4.69) is 27.3 Å². The summed E-state index contributed by atoms with van der Waals surface area (Å²) in [7, 11) is 1.31. The lowest BCUT2D eigenvalue weighted by Gasteiger charge is -2.25. The lowest BCUT2D eigenvalue weighted by Crippen LogP contribution is -2.54. The molecule has 2 fully saturated rings. The maximum atomic E-state index is 13.4. The summed E-state index contributed by atoms with van der Waals surface area (Å²) in [6, 6.07) is 4.10. The van der Waals surface area contributed by atoms with Gasteiger partial charge in [-0.3, -0.25) is 33.7 Å². The minimum atomic E-state index is -0.985. The molecule has 1 aromatic carbocycles. The number of anilines is 1. The average molecular weight is 693 g/mol. The summed E-state index contributed by atoms with van der Waals surface area (Å²) in [4.78, 5) is 89.2. The van der Waals surface area contributed by atoms with E-state index in [4.69, 9.17) is 10.5 Å². The monoisotopic (exact) mass is 692 g/mol. The van der Waals surface area contributed by atoms with Crippen molar-refractivity contribution in [1.29, 1.82) is 0 Å². The Morgan fingerprint density at radius 3 is 2.32 bits per heavy atom. The number of fused-ring (bicyclic) bond motifs is 5. The third kappa shape index (κ3) is 9.72. The van der Waals surface area contributed by atoms with Crippen molar-refractivity contribution in [1.82, 2.24) is 20.9 Å². The van der Waals surface area contributed by atoms with Gasteiger partial charge in [0.15, 0.2) is 0 Å². The second kappa shape index (κ2) is 17.3. The molecule has 4 rings (SSSR count). The van der Waals surface area contributed by atoms with Crippen molar-refractivity contribution in [2.24, 2.45) is 35.3 Å². The number of rotatable bonds is 18. The van der Waals surface area contributed by atoms with Crippen molar-refractivity contribution in [3.8, 4) is 0 Å². The van der Waals surface area contributed by atoms with Gasteiger partial charge in [0.2, 0.25) is 43.3 Å². The Balaban J connectivity index is 1.25. The molecule has 6 N–H and O–H groups in total. The molecule has 0 aromatic heterocycles. The Hall–Kier alpha value is -4.69. The molecule has 5 unspecified atom stereocenters. The summed E-state index contributed by atoms with van der Waals surface area (Å²) in [5.74, 6) is -2.24. The molecule has 15 heteroatoms. The molecule has 0 radical (unpaired) electrons. The van der Waals surface area contributed by atoms with Gasteiger partial charge in [-0.2, -0.15) is 0 Å². The van der Waals surface area contributed by atoms with Gasteiger partial charge in [0.1, 0.15) is 18.7 Å². The highest BCUT2D eigenvalue weighted by molar-refractivity contribution is 6.55. The quantitative estimate of drug-likeness (QED) is 0.0661. The first-order valence-corrected chi connectivity index (χ1v) is 17.5. The van der Waals surface area contributed by atoms with E-state index >= 15 is 0 Å². The third-order valence-electron chi connectivity index (χ3n) is 9.79. The molecule has 270 valence electrons. The van der Waals surface area contributed by atoms with Crippen molar-refractivity contribution in [2.45, 2.75) is 84.4 Å². The van der Waals surface area contributed by atoms with E-state index in [1.165, 1.54) is 18.3 Å². The zero-order valence-electron chi connectivity index (χ0n) is 29.3. The van der Waals surface area contributed by atoms with Crippen LogP contribution in [0.4, 0.5) is 15.3 Å². The zero-order valence-corrected chi connectivity index (χ0v) is 29.3. The van der Waals surface area contributed by atoms with Gasteiger partial charge in [0, 0.05) is 25.2 Å². The van der Waals surface area contributed by atoms with E-state index in [0.717, 1.165) is 12.0 Å². The molecule has 1 aromatic rings. The van der Waals surface area contributed by atoms with Gasteiger partial charge in [-0.25, -0.2) is 4.79 Å². The molecule has 1 saturated heterocycles. The van der Waals surface area contributed by atoms with Crippen LogP contribution in [0, 0.1) is 29.6 Å². The van der Waals surface area contributed by atoms with Crippen molar-refractivity contribution >= 4 is 55.0 Å². The molecule has 2 aliphatic carbocycles. The lowest BCUT2D eigenvalue weighted by molar-refractivity contribution is -0.141. The van der Waals surface area contributed by atoms with Gasteiger partial charge in [-0.05, 0) is 74.5 Å². The zero-order chi connectivity index (χ0) is 36.5. The van der Waals surface area contributed by atoms with Crippen LogP contribution in [0.5, 0.6) is 0 Å². The van der Waals surface area contributed by atoms with E-state index in [9.17, 15) is 33.6 Å². The number of ether oxygens (including phenoxy) is 1. The van der Waals surface area contributed by atoms with E-state index in [-0.39, 0.29) is 73.3 Å². The van der Waals surface area contributed by atoms with Crippen molar-refractivity contribution in [2.75, 3.05) is 18.4 Å². The Morgan fingerprint density at radius 1 is 0.960 bits per heavy atom. The smallest absolute Gasteiger partial charge is 0.312 e. The molecule has 1 saturated carbocycles. The van der Waals surface area contributed by atoms with Gasteiger partial charge in [-0.1, -0.05) is 44.1 Å². The average Bonchev–Trinajstić information content (AvgIpc) is 3.70. The maximum absolute atomic E-state index is 13.4. The molecular formula is C35H49BN6O8. The minimum Gasteiger partial charge on any atom is -0.469 e. The van der Waals surface area contributed by atoms with E-state index < -0.39 is 35.8 Å². The maximum Gasteiger partial charge on any atom is 0.312 e. The van der Waals surface area contributed by atoms with Gasteiger partial charge < -0.3 is 31.7 Å². The second-order valence-corrected chi connectivity index (χ2v) is 13.9. The van der Waals surface area contributed by atoms with Crippen LogP contribution in [0.25, 0.3) is 0 Å². The van der Waals surface area contributed by atoms with Gasteiger partial charge in [0.25, 0.3) is 0 Å². The predicted octanol–water partition coefficient (Wildman–Crippen LogP) is 1.73.